The molecule has 8 nitrogen and oxygen atoms in total. The molecule has 0 aliphatic rings. The van der Waals surface area contributed by atoms with Crippen LogP contribution in [0.3, 0.4) is 0 Å². The van der Waals surface area contributed by atoms with Crippen LogP contribution in [0.5, 0.6) is 0 Å². The molecule has 2 aromatic rings. The van der Waals surface area contributed by atoms with Gasteiger partial charge in [0.05, 0.1) is 11.8 Å². The first-order chi connectivity index (χ1) is 11.4. The summed E-state index contributed by atoms with van der Waals surface area (Å²) in [4.78, 5) is 23.7. The Morgan fingerprint density at radius 2 is 2.04 bits per heavy atom. The molecule has 24 heavy (non-hydrogen) atoms. The molecule has 124 valence electrons. The normalized spacial score (nSPS) is 11.5. The number of nitrogens with two attached hydrogens (primary N) is 1. The fourth-order valence-electron chi connectivity index (χ4n) is 2.00. The SMILES string of the molecule is CC(=O)c1ccc(NC(=O)C(C)n2c(N)nnc2SCC#N)cc1. The molecule has 3 N–H and O–H groups in total. The average Bonchev–Trinajstić information content (AvgIpc) is 2.93. The summed E-state index contributed by atoms with van der Waals surface area (Å²) in [6, 6.07) is 7.92. The second kappa shape index (κ2) is 7.61. The van der Waals surface area contributed by atoms with Crippen molar-refractivity contribution < 1.29 is 9.59 Å². The number of amides is 1. The zero-order valence-electron chi connectivity index (χ0n) is 13.2. The molecule has 0 fully saturated rings. The van der Waals surface area contributed by atoms with Gasteiger partial charge in [0.25, 0.3) is 0 Å². The molecule has 1 atom stereocenters. The zero-order chi connectivity index (χ0) is 17.7. The van der Waals surface area contributed by atoms with E-state index in [1.54, 1.807) is 31.2 Å². The molecular formula is C15H16N6O2S. The van der Waals surface area contributed by atoms with Crippen LogP contribution >= 0.6 is 11.8 Å². The number of hydrogen-bond donors (Lipinski definition) is 2. The van der Waals surface area contributed by atoms with Crippen molar-refractivity contribution in [2.24, 2.45) is 0 Å². The first-order valence-corrected chi connectivity index (χ1v) is 8.04. The minimum Gasteiger partial charge on any atom is -0.368 e. The molecule has 0 spiro atoms. The van der Waals surface area contributed by atoms with Crippen LogP contribution in [-0.2, 0) is 4.79 Å². The van der Waals surface area contributed by atoms with E-state index in [1.165, 1.54) is 11.5 Å². The third kappa shape index (κ3) is 3.91. The largest absolute Gasteiger partial charge is 0.368 e. The molecular weight excluding hydrogens is 328 g/mol. The molecule has 0 aliphatic carbocycles. The van der Waals surface area contributed by atoms with E-state index in [-0.39, 0.29) is 23.4 Å². The number of Topliss-reactive ketones (excluding diaryl/α,β-unsaturated/α-hetero) is 1. The minimum absolute atomic E-state index is 0.0438. The van der Waals surface area contributed by atoms with Crippen molar-refractivity contribution >= 4 is 35.1 Å². The predicted octanol–water partition coefficient (Wildman–Crippen LogP) is 1.88. The topological polar surface area (TPSA) is 127 Å². The van der Waals surface area contributed by atoms with Crippen molar-refractivity contribution in [2.75, 3.05) is 16.8 Å². The maximum absolute atomic E-state index is 12.4. The molecule has 0 saturated heterocycles. The second-order valence-corrected chi connectivity index (χ2v) is 5.90. The lowest BCUT2D eigenvalue weighted by molar-refractivity contribution is -0.118. The van der Waals surface area contributed by atoms with Gasteiger partial charge in [0.2, 0.25) is 11.9 Å². The molecule has 9 heteroatoms. The highest BCUT2D eigenvalue weighted by molar-refractivity contribution is 7.99. The van der Waals surface area contributed by atoms with Crippen LogP contribution in [0.4, 0.5) is 11.6 Å². The van der Waals surface area contributed by atoms with Gasteiger partial charge in [0.15, 0.2) is 10.9 Å². The van der Waals surface area contributed by atoms with Crippen molar-refractivity contribution in [3.63, 3.8) is 0 Å². The number of nitriles is 1. The summed E-state index contributed by atoms with van der Waals surface area (Å²) < 4.78 is 1.47. The fraction of sp³-hybridized carbons (Fsp3) is 0.267. The molecule has 0 saturated carbocycles. The first-order valence-electron chi connectivity index (χ1n) is 7.06. The Bertz CT molecular complexity index is 793. The third-order valence-corrected chi connectivity index (χ3v) is 4.09. The van der Waals surface area contributed by atoms with E-state index in [1.807, 2.05) is 6.07 Å². The lowest BCUT2D eigenvalue weighted by Gasteiger charge is -2.16. The first kappa shape index (κ1) is 17.5. The van der Waals surface area contributed by atoms with Crippen LogP contribution in [0.2, 0.25) is 0 Å². The number of anilines is 2. The van der Waals surface area contributed by atoms with E-state index in [2.05, 4.69) is 15.5 Å². The summed E-state index contributed by atoms with van der Waals surface area (Å²) in [5.41, 5.74) is 6.91. The number of benzene rings is 1. The van der Waals surface area contributed by atoms with Crippen molar-refractivity contribution in [3.05, 3.63) is 29.8 Å². The molecule has 1 aromatic heterocycles. The number of ketones is 1. The molecule has 1 aromatic carbocycles. The van der Waals surface area contributed by atoms with Gasteiger partial charge in [0.1, 0.15) is 6.04 Å². The van der Waals surface area contributed by atoms with E-state index >= 15 is 0 Å². The standard InChI is InChI=1S/C15H16N6O2S/c1-9(21-14(17)19-20-15(21)24-8-7-16)13(23)18-12-5-3-11(4-6-12)10(2)22/h3-6,9H,8H2,1-2H3,(H2,17,19)(H,18,23). The Morgan fingerprint density at radius 3 is 2.62 bits per heavy atom. The summed E-state index contributed by atoms with van der Waals surface area (Å²) in [5.74, 6) is -0.0718. The Kier molecular flexibility index (Phi) is 5.55. The van der Waals surface area contributed by atoms with E-state index in [9.17, 15) is 9.59 Å². The van der Waals surface area contributed by atoms with Gasteiger partial charge >= 0.3 is 0 Å². The smallest absolute Gasteiger partial charge is 0.247 e. The summed E-state index contributed by atoms with van der Waals surface area (Å²) in [5, 5.41) is 19.5. The van der Waals surface area contributed by atoms with Crippen LogP contribution in [0.25, 0.3) is 0 Å². The van der Waals surface area contributed by atoms with Crippen molar-refractivity contribution in [1.29, 1.82) is 5.26 Å². The van der Waals surface area contributed by atoms with Crippen LogP contribution in [0.1, 0.15) is 30.2 Å². The predicted molar refractivity (Wildman–Crippen MR) is 90.6 cm³/mol. The van der Waals surface area contributed by atoms with E-state index in [0.29, 0.717) is 16.4 Å². The second-order valence-electron chi connectivity index (χ2n) is 4.96. The van der Waals surface area contributed by atoms with Gasteiger partial charge in [0, 0.05) is 11.3 Å². The van der Waals surface area contributed by atoms with Gasteiger partial charge in [-0.2, -0.15) is 5.26 Å². The number of thioether (sulfide) groups is 1. The molecule has 0 bridgehead atoms. The van der Waals surface area contributed by atoms with Crippen molar-refractivity contribution in [3.8, 4) is 6.07 Å². The van der Waals surface area contributed by atoms with Crippen LogP contribution in [0.15, 0.2) is 29.4 Å². The average molecular weight is 344 g/mol. The van der Waals surface area contributed by atoms with Crippen LogP contribution < -0.4 is 11.1 Å². The van der Waals surface area contributed by atoms with E-state index < -0.39 is 6.04 Å². The third-order valence-electron chi connectivity index (χ3n) is 3.28. The Labute approximate surface area is 143 Å². The molecule has 1 heterocycles. The number of carbonyl (C=O) groups is 2. The number of nitrogens with zero attached hydrogens (tertiary/aromatic N) is 4. The van der Waals surface area contributed by atoms with E-state index in [0.717, 1.165) is 11.8 Å². The maximum atomic E-state index is 12.4. The number of nitrogens with one attached hydrogen (secondary N) is 1. The summed E-state index contributed by atoms with van der Waals surface area (Å²) in [6.45, 7) is 3.14. The quantitative estimate of drug-likeness (QED) is 0.605. The lowest BCUT2D eigenvalue weighted by atomic mass is 10.1. The van der Waals surface area contributed by atoms with Gasteiger partial charge in [-0.15, -0.1) is 10.2 Å². The van der Waals surface area contributed by atoms with Crippen molar-refractivity contribution in [1.82, 2.24) is 14.8 Å². The number of hydrogen-bond acceptors (Lipinski definition) is 7. The summed E-state index contributed by atoms with van der Waals surface area (Å²) in [6.07, 6.45) is 0. The summed E-state index contributed by atoms with van der Waals surface area (Å²) in [7, 11) is 0. The highest BCUT2D eigenvalue weighted by Gasteiger charge is 2.22. The lowest BCUT2D eigenvalue weighted by Crippen LogP contribution is -2.25. The zero-order valence-corrected chi connectivity index (χ0v) is 14.0. The van der Waals surface area contributed by atoms with Gasteiger partial charge in [-0.25, -0.2) is 0 Å². The number of carbonyl (C=O) groups excluding carboxylic acids is 2. The van der Waals surface area contributed by atoms with Crippen LogP contribution in [0, 0.1) is 11.3 Å². The number of aromatic nitrogens is 3. The van der Waals surface area contributed by atoms with Gasteiger partial charge in [-0.3, -0.25) is 14.2 Å². The van der Waals surface area contributed by atoms with E-state index in [4.69, 9.17) is 11.0 Å². The molecule has 1 amide bonds. The van der Waals surface area contributed by atoms with Gasteiger partial charge in [-0.05, 0) is 38.1 Å². The minimum atomic E-state index is -0.659. The van der Waals surface area contributed by atoms with Crippen molar-refractivity contribution in [2.45, 2.75) is 25.0 Å². The maximum Gasteiger partial charge on any atom is 0.247 e. The van der Waals surface area contributed by atoms with Crippen LogP contribution in [-0.4, -0.2) is 32.2 Å². The molecule has 2 rings (SSSR count). The van der Waals surface area contributed by atoms with Gasteiger partial charge < -0.3 is 11.1 Å². The Balaban J connectivity index is 2.14. The number of rotatable bonds is 6. The molecule has 0 radical (unpaired) electrons. The molecule has 1 unspecified atom stereocenters. The Hall–Kier alpha value is -2.86. The highest BCUT2D eigenvalue weighted by atomic mass is 32.2. The highest BCUT2D eigenvalue weighted by Crippen LogP contribution is 2.23. The molecule has 0 aliphatic heterocycles. The number of nitrogen functional groups attached to an aromatic ring is 1. The summed E-state index contributed by atoms with van der Waals surface area (Å²) >= 11 is 1.16. The fourth-order valence-corrected chi connectivity index (χ4v) is 2.68. The van der Waals surface area contributed by atoms with Gasteiger partial charge in [-0.1, -0.05) is 11.8 Å². The Morgan fingerprint density at radius 1 is 1.38 bits per heavy atom. The monoisotopic (exact) mass is 344 g/mol.